The van der Waals surface area contributed by atoms with Gasteiger partial charge in [-0.1, -0.05) is 12.1 Å². The van der Waals surface area contributed by atoms with E-state index in [0.29, 0.717) is 0 Å². The number of nitrogens with one attached hydrogen (secondary N) is 1. The third-order valence-electron chi connectivity index (χ3n) is 4.91. The second-order valence-electron chi connectivity index (χ2n) is 7.21. The number of hydrogen-bond acceptors (Lipinski definition) is 5. The average molecular weight is 474 g/mol. The largest absolute Gasteiger partial charge is 0.573 e. The van der Waals surface area contributed by atoms with Crippen LogP contribution in [0.1, 0.15) is 18.9 Å². The number of sulfone groups is 1. The van der Waals surface area contributed by atoms with E-state index in [1.54, 1.807) is 0 Å². The second kappa shape index (κ2) is 8.41. The summed E-state index contributed by atoms with van der Waals surface area (Å²) in [5, 5.41) is 2.48. The van der Waals surface area contributed by atoms with Gasteiger partial charge in [0.25, 0.3) is 5.91 Å². The molecular weight excluding hydrogens is 456 g/mol. The zero-order valence-electron chi connectivity index (χ0n) is 16.6. The minimum absolute atomic E-state index is 0.0622. The van der Waals surface area contributed by atoms with Crippen LogP contribution in [0.4, 0.5) is 22.4 Å². The predicted octanol–water partition coefficient (Wildman–Crippen LogP) is 3.36. The molecule has 1 aliphatic rings. The van der Waals surface area contributed by atoms with Crippen molar-refractivity contribution in [1.29, 1.82) is 0 Å². The van der Waals surface area contributed by atoms with Crippen LogP contribution < -0.4 is 10.1 Å². The standard InChI is InChI=1S/C20H18F4N2O5S/c1-19(13-3-7-15(8-4-13)31-20(22,23)24)17(27)26(18(28)25-19)11-2-12-32(29,30)16-9-5-14(21)6-10-16/h3-10H,2,11-12H2,1H3,(H,25,28). The number of nitrogens with zero attached hydrogens (tertiary/aromatic N) is 1. The van der Waals surface area contributed by atoms with Gasteiger partial charge in [-0.3, -0.25) is 9.69 Å². The average Bonchev–Trinajstić information content (AvgIpc) is 2.91. The number of carbonyl (C=O) groups excluding carboxylic acids is 2. The van der Waals surface area contributed by atoms with Crippen molar-refractivity contribution in [3.63, 3.8) is 0 Å². The van der Waals surface area contributed by atoms with Gasteiger partial charge in [0, 0.05) is 6.54 Å². The molecule has 32 heavy (non-hydrogen) atoms. The van der Waals surface area contributed by atoms with Gasteiger partial charge in [-0.25, -0.2) is 17.6 Å². The fourth-order valence-corrected chi connectivity index (χ4v) is 4.55. The second-order valence-corrected chi connectivity index (χ2v) is 9.32. The molecule has 3 amide bonds. The first-order valence-corrected chi connectivity index (χ1v) is 11.0. The number of imide groups is 1. The fraction of sp³-hybridized carbons (Fsp3) is 0.300. The quantitative estimate of drug-likeness (QED) is 0.378. The first-order valence-electron chi connectivity index (χ1n) is 9.30. The van der Waals surface area contributed by atoms with E-state index in [0.717, 1.165) is 41.3 Å². The van der Waals surface area contributed by atoms with Crippen LogP contribution in [0.25, 0.3) is 0 Å². The highest BCUT2D eigenvalue weighted by Gasteiger charge is 2.48. The molecule has 0 spiro atoms. The van der Waals surface area contributed by atoms with E-state index in [1.165, 1.54) is 19.1 Å². The maximum atomic E-state index is 13.0. The number of alkyl halides is 3. The van der Waals surface area contributed by atoms with Crippen molar-refractivity contribution < 1.29 is 40.3 Å². The maximum absolute atomic E-state index is 13.0. The van der Waals surface area contributed by atoms with Gasteiger partial charge >= 0.3 is 12.4 Å². The highest BCUT2D eigenvalue weighted by Crippen LogP contribution is 2.31. The smallest absolute Gasteiger partial charge is 0.406 e. The minimum Gasteiger partial charge on any atom is -0.406 e. The zero-order chi connectivity index (χ0) is 23.7. The van der Waals surface area contributed by atoms with E-state index >= 15 is 0 Å². The van der Waals surface area contributed by atoms with Gasteiger partial charge in [0.15, 0.2) is 9.84 Å². The first-order chi connectivity index (χ1) is 14.8. The van der Waals surface area contributed by atoms with Crippen LogP contribution in [-0.4, -0.2) is 43.9 Å². The number of benzene rings is 2. The Morgan fingerprint density at radius 3 is 2.19 bits per heavy atom. The molecule has 0 aliphatic carbocycles. The molecule has 1 saturated heterocycles. The molecule has 1 N–H and O–H groups in total. The molecule has 0 bridgehead atoms. The molecule has 1 unspecified atom stereocenters. The molecule has 2 aromatic rings. The Kier molecular flexibility index (Phi) is 6.18. The third kappa shape index (κ3) is 5.01. The third-order valence-corrected chi connectivity index (χ3v) is 6.72. The van der Waals surface area contributed by atoms with E-state index in [2.05, 4.69) is 10.1 Å². The van der Waals surface area contributed by atoms with Crippen molar-refractivity contribution in [1.82, 2.24) is 10.2 Å². The molecule has 0 saturated carbocycles. The Balaban J connectivity index is 1.67. The van der Waals surface area contributed by atoms with Crippen LogP contribution in [-0.2, 0) is 20.2 Å². The van der Waals surface area contributed by atoms with Crippen molar-refractivity contribution in [2.75, 3.05) is 12.3 Å². The Morgan fingerprint density at radius 2 is 1.62 bits per heavy atom. The molecule has 1 fully saturated rings. The normalized spacial score (nSPS) is 19.2. The number of hydrogen-bond donors (Lipinski definition) is 1. The van der Waals surface area contributed by atoms with Crippen molar-refractivity contribution in [3.8, 4) is 5.75 Å². The summed E-state index contributed by atoms with van der Waals surface area (Å²) in [5.74, 6) is -2.12. The van der Waals surface area contributed by atoms with Crippen LogP contribution in [0, 0.1) is 5.82 Å². The fourth-order valence-electron chi connectivity index (χ4n) is 3.26. The van der Waals surface area contributed by atoms with Crippen LogP contribution in [0.5, 0.6) is 5.75 Å². The van der Waals surface area contributed by atoms with Gasteiger partial charge < -0.3 is 10.1 Å². The SMILES string of the molecule is CC1(c2ccc(OC(F)(F)F)cc2)NC(=O)N(CCCS(=O)(=O)c2ccc(F)cc2)C1=O. The highest BCUT2D eigenvalue weighted by atomic mass is 32.2. The van der Waals surface area contributed by atoms with Gasteiger partial charge in [0.1, 0.15) is 17.1 Å². The van der Waals surface area contributed by atoms with Crippen molar-refractivity contribution >= 4 is 21.8 Å². The van der Waals surface area contributed by atoms with Crippen LogP contribution in [0.15, 0.2) is 53.4 Å². The van der Waals surface area contributed by atoms with Gasteiger partial charge in [-0.05, 0) is 55.3 Å². The van der Waals surface area contributed by atoms with Crippen LogP contribution >= 0.6 is 0 Å². The van der Waals surface area contributed by atoms with Crippen molar-refractivity contribution in [2.45, 2.75) is 30.1 Å². The Labute approximate surface area is 180 Å². The lowest BCUT2D eigenvalue weighted by Gasteiger charge is -2.22. The van der Waals surface area contributed by atoms with E-state index in [9.17, 15) is 35.6 Å². The summed E-state index contributed by atoms with van der Waals surface area (Å²) >= 11 is 0. The molecule has 172 valence electrons. The number of urea groups is 1. The van der Waals surface area contributed by atoms with Crippen LogP contribution in [0.3, 0.4) is 0 Å². The predicted molar refractivity (Wildman–Crippen MR) is 104 cm³/mol. The molecule has 1 atom stereocenters. The number of carbonyl (C=O) groups is 2. The molecule has 0 radical (unpaired) electrons. The lowest BCUT2D eigenvalue weighted by atomic mass is 9.92. The Morgan fingerprint density at radius 1 is 1.03 bits per heavy atom. The molecule has 12 heteroatoms. The van der Waals surface area contributed by atoms with Crippen LogP contribution in [0.2, 0.25) is 0 Å². The molecular formula is C20H18F4N2O5S. The molecule has 1 aliphatic heterocycles. The number of amides is 3. The highest BCUT2D eigenvalue weighted by molar-refractivity contribution is 7.91. The Hall–Kier alpha value is -3.15. The molecule has 2 aromatic carbocycles. The summed E-state index contributed by atoms with van der Waals surface area (Å²) in [6, 6.07) is 8.01. The lowest BCUT2D eigenvalue weighted by molar-refractivity contribution is -0.274. The van der Waals surface area contributed by atoms with Gasteiger partial charge in [0.2, 0.25) is 0 Å². The number of ether oxygens (including phenoxy) is 1. The number of rotatable bonds is 7. The lowest BCUT2D eigenvalue weighted by Crippen LogP contribution is -2.41. The molecule has 0 aromatic heterocycles. The summed E-state index contributed by atoms with van der Waals surface area (Å²) in [7, 11) is -3.75. The molecule has 3 rings (SSSR count). The number of halogens is 4. The van der Waals surface area contributed by atoms with E-state index in [4.69, 9.17) is 0 Å². The Bertz CT molecular complexity index is 1120. The molecule has 1 heterocycles. The summed E-state index contributed by atoms with van der Waals surface area (Å²) in [4.78, 5) is 25.9. The topological polar surface area (TPSA) is 92.8 Å². The monoisotopic (exact) mass is 474 g/mol. The van der Waals surface area contributed by atoms with Gasteiger partial charge in [-0.15, -0.1) is 13.2 Å². The summed E-state index contributed by atoms with van der Waals surface area (Å²) in [6.07, 6.45) is -4.93. The first kappa shape index (κ1) is 23.5. The summed E-state index contributed by atoms with van der Waals surface area (Å²) in [6.45, 7) is 1.19. The van der Waals surface area contributed by atoms with E-state index in [1.807, 2.05) is 0 Å². The maximum Gasteiger partial charge on any atom is 0.573 e. The summed E-state index contributed by atoms with van der Waals surface area (Å²) in [5.41, 5.74) is -1.31. The van der Waals surface area contributed by atoms with Crippen molar-refractivity contribution in [2.24, 2.45) is 0 Å². The van der Waals surface area contributed by atoms with E-state index < -0.39 is 45.2 Å². The van der Waals surface area contributed by atoms with Gasteiger partial charge in [-0.2, -0.15) is 0 Å². The van der Waals surface area contributed by atoms with Crippen molar-refractivity contribution in [3.05, 3.63) is 59.9 Å². The van der Waals surface area contributed by atoms with Gasteiger partial charge in [0.05, 0.1) is 10.6 Å². The zero-order valence-corrected chi connectivity index (χ0v) is 17.5. The van der Waals surface area contributed by atoms with E-state index in [-0.39, 0.29) is 29.2 Å². The summed E-state index contributed by atoms with van der Waals surface area (Å²) < 4.78 is 78.4. The minimum atomic E-state index is -4.87. The molecule has 7 nitrogen and oxygen atoms in total.